The van der Waals surface area contributed by atoms with Gasteiger partial charge in [0.05, 0.1) is 11.1 Å². The number of hydrogen-bond donors (Lipinski definition) is 3. The lowest BCUT2D eigenvalue weighted by Gasteiger charge is -2.27. The number of anilines is 1. The number of fused-ring (bicyclic) bond motifs is 1. The van der Waals surface area contributed by atoms with Gasteiger partial charge in [0.15, 0.2) is 0 Å². The fourth-order valence-electron chi connectivity index (χ4n) is 3.71. The summed E-state index contributed by atoms with van der Waals surface area (Å²) in [5.41, 5.74) is 9.02. The molecule has 1 unspecified atom stereocenters. The van der Waals surface area contributed by atoms with Crippen molar-refractivity contribution >= 4 is 29.3 Å². The highest BCUT2D eigenvalue weighted by Gasteiger charge is 2.44. The molecule has 29 heavy (non-hydrogen) atoms. The van der Waals surface area contributed by atoms with Gasteiger partial charge in [-0.2, -0.15) is 0 Å². The Labute approximate surface area is 167 Å². The summed E-state index contributed by atoms with van der Waals surface area (Å²) in [7, 11) is 0. The van der Waals surface area contributed by atoms with Crippen LogP contribution in [-0.4, -0.2) is 34.6 Å². The minimum Gasteiger partial charge on any atom is -0.381 e. The van der Waals surface area contributed by atoms with Crippen molar-refractivity contribution in [3.63, 3.8) is 0 Å². The molecule has 2 aliphatic rings. The third-order valence-electron chi connectivity index (χ3n) is 5.26. The van der Waals surface area contributed by atoms with E-state index in [4.69, 9.17) is 5.73 Å². The zero-order chi connectivity index (χ0) is 20.5. The van der Waals surface area contributed by atoms with Crippen molar-refractivity contribution in [2.24, 2.45) is 5.73 Å². The van der Waals surface area contributed by atoms with Crippen LogP contribution in [0.1, 0.15) is 44.7 Å². The van der Waals surface area contributed by atoms with E-state index in [2.05, 4.69) is 10.6 Å². The molecule has 0 bridgehead atoms. The molecule has 0 aliphatic carbocycles. The molecule has 0 saturated carbocycles. The van der Waals surface area contributed by atoms with Gasteiger partial charge in [-0.25, -0.2) is 0 Å². The highest BCUT2D eigenvalue weighted by atomic mass is 16.2. The van der Waals surface area contributed by atoms with Crippen LogP contribution in [0.15, 0.2) is 42.5 Å². The largest absolute Gasteiger partial charge is 0.381 e. The summed E-state index contributed by atoms with van der Waals surface area (Å²) in [5.74, 6) is -2.05. The molecule has 2 aromatic carbocycles. The third-order valence-corrected chi connectivity index (χ3v) is 5.26. The lowest BCUT2D eigenvalue weighted by atomic mass is 10.0. The Morgan fingerprint density at radius 2 is 1.72 bits per heavy atom. The summed E-state index contributed by atoms with van der Waals surface area (Å²) in [4.78, 5) is 50.0. The lowest BCUT2D eigenvalue weighted by molar-refractivity contribution is -0.136. The summed E-state index contributed by atoms with van der Waals surface area (Å²) >= 11 is 0. The van der Waals surface area contributed by atoms with E-state index in [9.17, 15) is 19.2 Å². The van der Waals surface area contributed by atoms with Crippen molar-refractivity contribution in [1.29, 1.82) is 0 Å². The third kappa shape index (κ3) is 3.38. The number of benzene rings is 2. The van der Waals surface area contributed by atoms with E-state index < -0.39 is 29.7 Å². The smallest absolute Gasteiger partial charge is 0.262 e. The standard InChI is InChI=1S/C21H20N4O4/c22-10-12-3-1-2-4-13(12)11-23-14-5-6-15-16(9-14)21(29)25(20(15)28)17-7-8-18(26)24-19(17)27/h1-6,9,17,23H,7-8,10-11,22H2,(H,24,26,27). The molecule has 8 nitrogen and oxygen atoms in total. The van der Waals surface area contributed by atoms with Crippen LogP contribution in [-0.2, 0) is 22.7 Å². The molecule has 4 rings (SSSR count). The van der Waals surface area contributed by atoms with Crippen LogP contribution in [0.25, 0.3) is 0 Å². The van der Waals surface area contributed by atoms with Crippen molar-refractivity contribution in [2.75, 3.05) is 5.32 Å². The van der Waals surface area contributed by atoms with Gasteiger partial charge >= 0.3 is 0 Å². The van der Waals surface area contributed by atoms with Gasteiger partial charge in [-0.1, -0.05) is 24.3 Å². The van der Waals surface area contributed by atoms with Crippen LogP contribution in [0.3, 0.4) is 0 Å². The van der Waals surface area contributed by atoms with E-state index in [1.54, 1.807) is 18.2 Å². The average Bonchev–Trinajstić information content (AvgIpc) is 2.97. The topological polar surface area (TPSA) is 122 Å². The van der Waals surface area contributed by atoms with Crippen LogP contribution in [0.5, 0.6) is 0 Å². The van der Waals surface area contributed by atoms with Gasteiger partial charge in [0, 0.05) is 25.2 Å². The van der Waals surface area contributed by atoms with E-state index in [0.717, 1.165) is 16.0 Å². The lowest BCUT2D eigenvalue weighted by Crippen LogP contribution is -2.54. The molecule has 0 spiro atoms. The predicted octanol–water partition coefficient (Wildman–Crippen LogP) is 1.16. The van der Waals surface area contributed by atoms with Gasteiger partial charge in [-0.3, -0.25) is 29.4 Å². The van der Waals surface area contributed by atoms with Crippen LogP contribution in [0, 0.1) is 0 Å². The van der Waals surface area contributed by atoms with Gasteiger partial charge in [-0.15, -0.1) is 0 Å². The maximum Gasteiger partial charge on any atom is 0.262 e. The summed E-state index contributed by atoms with van der Waals surface area (Å²) in [6, 6.07) is 11.7. The minimum atomic E-state index is -0.965. The number of rotatable bonds is 5. The minimum absolute atomic E-state index is 0.0944. The SMILES string of the molecule is NCc1ccccc1CNc1ccc2c(c1)C(=O)N(C1CCC(=O)NC1=O)C2=O. The molecule has 4 amide bonds. The highest BCUT2D eigenvalue weighted by Crippen LogP contribution is 2.29. The van der Waals surface area contributed by atoms with Gasteiger partial charge < -0.3 is 11.1 Å². The molecule has 148 valence electrons. The van der Waals surface area contributed by atoms with Gasteiger partial charge in [-0.05, 0) is 35.7 Å². The second-order valence-corrected chi connectivity index (χ2v) is 7.03. The van der Waals surface area contributed by atoms with Gasteiger partial charge in [0.2, 0.25) is 11.8 Å². The maximum absolute atomic E-state index is 12.9. The summed E-state index contributed by atoms with van der Waals surface area (Å²) in [5, 5.41) is 5.44. The fourth-order valence-corrected chi connectivity index (χ4v) is 3.71. The number of amides is 4. The van der Waals surface area contributed by atoms with Gasteiger partial charge in [0.1, 0.15) is 6.04 Å². The molecular weight excluding hydrogens is 372 g/mol. The monoisotopic (exact) mass is 392 g/mol. The van der Waals surface area contributed by atoms with E-state index in [0.29, 0.717) is 18.8 Å². The molecule has 0 aromatic heterocycles. The first kappa shape index (κ1) is 18.8. The number of nitrogens with two attached hydrogens (primary N) is 1. The molecule has 8 heteroatoms. The van der Waals surface area contributed by atoms with Crippen LogP contribution in [0.2, 0.25) is 0 Å². The highest BCUT2D eigenvalue weighted by molar-refractivity contribution is 6.23. The number of nitrogens with one attached hydrogen (secondary N) is 2. The number of imide groups is 2. The molecule has 1 fully saturated rings. The van der Waals surface area contributed by atoms with E-state index in [-0.39, 0.29) is 24.0 Å². The molecular formula is C21H20N4O4. The van der Waals surface area contributed by atoms with Crippen molar-refractivity contribution in [3.8, 4) is 0 Å². The first-order chi connectivity index (χ1) is 14.0. The fraction of sp³-hybridized carbons (Fsp3) is 0.238. The molecule has 4 N–H and O–H groups in total. The normalized spacial score (nSPS) is 18.7. The molecule has 2 heterocycles. The Balaban J connectivity index is 1.54. The Hall–Kier alpha value is -3.52. The first-order valence-electron chi connectivity index (χ1n) is 9.36. The first-order valence-corrected chi connectivity index (χ1v) is 9.36. The Bertz CT molecular complexity index is 1030. The number of carbonyl (C=O) groups is 4. The van der Waals surface area contributed by atoms with Crippen molar-refractivity contribution < 1.29 is 19.2 Å². The van der Waals surface area contributed by atoms with Crippen LogP contribution >= 0.6 is 0 Å². The average molecular weight is 392 g/mol. The molecule has 2 aliphatic heterocycles. The number of nitrogens with zero attached hydrogens (tertiary/aromatic N) is 1. The number of hydrogen-bond acceptors (Lipinski definition) is 6. The number of piperidine rings is 1. The second-order valence-electron chi connectivity index (χ2n) is 7.03. The molecule has 1 saturated heterocycles. The van der Waals surface area contributed by atoms with E-state index in [1.807, 2.05) is 24.3 Å². The van der Waals surface area contributed by atoms with Crippen molar-refractivity contribution in [2.45, 2.75) is 32.0 Å². The van der Waals surface area contributed by atoms with E-state index >= 15 is 0 Å². The summed E-state index contributed by atoms with van der Waals surface area (Å²) < 4.78 is 0. The maximum atomic E-state index is 12.9. The number of carbonyl (C=O) groups excluding carboxylic acids is 4. The molecule has 1 atom stereocenters. The predicted molar refractivity (Wildman–Crippen MR) is 105 cm³/mol. The van der Waals surface area contributed by atoms with Crippen molar-refractivity contribution in [1.82, 2.24) is 10.2 Å². The Morgan fingerprint density at radius 1 is 1.00 bits per heavy atom. The van der Waals surface area contributed by atoms with Crippen LogP contribution in [0.4, 0.5) is 5.69 Å². The quantitative estimate of drug-likeness (QED) is 0.657. The Kier molecular flexibility index (Phi) is 4.85. The molecule has 2 aromatic rings. The summed E-state index contributed by atoms with van der Waals surface area (Å²) in [6.45, 7) is 0.946. The Morgan fingerprint density at radius 3 is 2.45 bits per heavy atom. The zero-order valence-electron chi connectivity index (χ0n) is 15.6. The van der Waals surface area contributed by atoms with Crippen molar-refractivity contribution in [3.05, 3.63) is 64.7 Å². The van der Waals surface area contributed by atoms with Crippen LogP contribution < -0.4 is 16.4 Å². The summed E-state index contributed by atoms with van der Waals surface area (Å²) in [6.07, 6.45) is 0.230. The zero-order valence-corrected chi connectivity index (χ0v) is 15.6. The second kappa shape index (κ2) is 7.48. The molecule has 0 radical (unpaired) electrons. The van der Waals surface area contributed by atoms with E-state index in [1.165, 1.54) is 0 Å². The van der Waals surface area contributed by atoms with Gasteiger partial charge in [0.25, 0.3) is 11.8 Å².